The van der Waals surface area contributed by atoms with Gasteiger partial charge >= 0.3 is 5.97 Å². The van der Waals surface area contributed by atoms with Crippen molar-refractivity contribution in [2.24, 2.45) is 5.92 Å². The highest BCUT2D eigenvalue weighted by Crippen LogP contribution is 2.51. The van der Waals surface area contributed by atoms with E-state index in [2.05, 4.69) is 23.1 Å². The highest BCUT2D eigenvalue weighted by Gasteiger charge is 2.53. The van der Waals surface area contributed by atoms with Crippen LogP contribution in [0, 0.1) is 5.92 Å². The Balaban J connectivity index is 1.84. The number of rotatable bonds is 1. The van der Waals surface area contributed by atoms with Gasteiger partial charge in [0.1, 0.15) is 0 Å². The van der Waals surface area contributed by atoms with E-state index < -0.39 is 0 Å². The third-order valence-corrected chi connectivity index (χ3v) is 5.20. The van der Waals surface area contributed by atoms with Crippen molar-refractivity contribution in [2.45, 2.75) is 24.5 Å². The van der Waals surface area contributed by atoms with E-state index in [1.165, 1.54) is 11.1 Å². The number of cyclic esters (lactones) is 1. The Labute approximate surface area is 118 Å². The number of piperidine rings is 1. The van der Waals surface area contributed by atoms with Gasteiger partial charge in [-0.2, -0.15) is 0 Å². The van der Waals surface area contributed by atoms with Crippen molar-refractivity contribution in [3.63, 3.8) is 0 Å². The second-order valence-electron chi connectivity index (χ2n) is 6.02. The molecule has 3 heterocycles. The number of ether oxygens (including phenoxy) is 2. The first-order chi connectivity index (χ1) is 9.74. The molecule has 1 saturated heterocycles. The van der Waals surface area contributed by atoms with E-state index in [9.17, 15) is 4.79 Å². The fourth-order valence-corrected chi connectivity index (χ4v) is 4.22. The van der Waals surface area contributed by atoms with Gasteiger partial charge in [-0.3, -0.25) is 4.90 Å². The molecule has 4 rings (SSSR count). The van der Waals surface area contributed by atoms with Crippen LogP contribution in [0.1, 0.15) is 12.8 Å². The van der Waals surface area contributed by atoms with Gasteiger partial charge in [-0.15, -0.1) is 0 Å². The molecule has 4 nitrogen and oxygen atoms in total. The summed E-state index contributed by atoms with van der Waals surface area (Å²) < 4.78 is 10.8. The molecule has 0 radical (unpaired) electrons. The Morgan fingerprint density at radius 1 is 1.50 bits per heavy atom. The van der Waals surface area contributed by atoms with Crippen LogP contribution in [0.25, 0.3) is 0 Å². The SMILES string of the molecule is CO[C@H]1C=CC2=CCN3CC[C@H]4COC(=O)C=C4[C@]23C1. The molecular weight excluding hydrogens is 254 g/mol. The number of nitrogens with zero attached hydrogens (tertiary/aromatic N) is 1. The summed E-state index contributed by atoms with van der Waals surface area (Å²) in [6.45, 7) is 2.56. The van der Waals surface area contributed by atoms with Gasteiger partial charge in [-0.05, 0) is 17.6 Å². The van der Waals surface area contributed by atoms with Crippen molar-refractivity contribution in [1.29, 1.82) is 0 Å². The largest absolute Gasteiger partial charge is 0.462 e. The number of esters is 1. The van der Waals surface area contributed by atoms with Gasteiger partial charge in [0.15, 0.2) is 0 Å². The number of hydrogen-bond donors (Lipinski definition) is 0. The monoisotopic (exact) mass is 273 g/mol. The third kappa shape index (κ3) is 1.52. The average molecular weight is 273 g/mol. The Morgan fingerprint density at radius 2 is 2.40 bits per heavy atom. The maximum absolute atomic E-state index is 11.7. The molecule has 3 aliphatic heterocycles. The molecule has 0 unspecified atom stereocenters. The Kier molecular flexibility index (Phi) is 2.66. The number of methoxy groups -OCH3 is 1. The molecule has 0 aromatic heterocycles. The van der Waals surface area contributed by atoms with Crippen LogP contribution in [0.3, 0.4) is 0 Å². The average Bonchev–Trinajstić information content (AvgIpc) is 2.86. The maximum Gasteiger partial charge on any atom is 0.330 e. The van der Waals surface area contributed by atoms with Crippen molar-refractivity contribution < 1.29 is 14.3 Å². The summed E-state index contributed by atoms with van der Waals surface area (Å²) in [5.41, 5.74) is 2.45. The lowest BCUT2D eigenvalue weighted by Crippen LogP contribution is -2.57. The maximum atomic E-state index is 11.7. The van der Waals surface area contributed by atoms with Gasteiger partial charge in [0, 0.05) is 38.6 Å². The molecule has 0 aromatic rings. The predicted molar refractivity (Wildman–Crippen MR) is 74.1 cm³/mol. The van der Waals surface area contributed by atoms with E-state index in [0.717, 1.165) is 25.9 Å². The quantitative estimate of drug-likeness (QED) is 0.678. The minimum atomic E-state index is -0.192. The molecule has 1 spiro atoms. The molecule has 4 heteroatoms. The number of carbonyl (C=O) groups excluding carboxylic acids is 1. The van der Waals surface area contributed by atoms with Crippen LogP contribution in [0.2, 0.25) is 0 Å². The minimum absolute atomic E-state index is 0.116. The standard InChI is InChI=1S/C16H19NO3/c1-19-13-3-2-12-5-7-17-6-4-11-10-20-15(18)8-14(11)16(12,17)9-13/h2-3,5,8,11,13H,4,6-7,9-10H2,1H3/t11-,13-,16-/m0/s1. The van der Waals surface area contributed by atoms with Crippen molar-refractivity contribution in [2.75, 3.05) is 26.8 Å². The smallest absolute Gasteiger partial charge is 0.330 e. The second-order valence-corrected chi connectivity index (χ2v) is 6.02. The molecule has 0 bridgehead atoms. The van der Waals surface area contributed by atoms with Gasteiger partial charge in [-0.25, -0.2) is 4.79 Å². The summed E-state index contributed by atoms with van der Waals surface area (Å²) in [6, 6.07) is 0. The minimum Gasteiger partial charge on any atom is -0.462 e. The van der Waals surface area contributed by atoms with Crippen LogP contribution in [-0.2, 0) is 14.3 Å². The van der Waals surface area contributed by atoms with E-state index >= 15 is 0 Å². The molecule has 20 heavy (non-hydrogen) atoms. The van der Waals surface area contributed by atoms with Crippen molar-refractivity contribution >= 4 is 5.97 Å². The topological polar surface area (TPSA) is 38.8 Å². The zero-order chi connectivity index (χ0) is 13.7. The first-order valence-electron chi connectivity index (χ1n) is 7.29. The molecule has 0 N–H and O–H groups in total. The first kappa shape index (κ1) is 12.4. The van der Waals surface area contributed by atoms with Crippen LogP contribution in [0.4, 0.5) is 0 Å². The third-order valence-electron chi connectivity index (χ3n) is 5.20. The van der Waals surface area contributed by atoms with E-state index in [4.69, 9.17) is 9.47 Å². The zero-order valence-corrected chi connectivity index (χ0v) is 11.7. The lowest BCUT2D eigenvalue weighted by atomic mass is 9.67. The molecule has 106 valence electrons. The predicted octanol–water partition coefficient (Wildman–Crippen LogP) is 1.45. The molecule has 0 aromatic carbocycles. The molecule has 0 saturated carbocycles. The molecule has 0 amide bonds. The fourth-order valence-electron chi connectivity index (χ4n) is 4.22. The van der Waals surface area contributed by atoms with Crippen molar-refractivity contribution in [3.8, 4) is 0 Å². The van der Waals surface area contributed by atoms with Gasteiger partial charge in [-0.1, -0.05) is 18.2 Å². The molecule has 1 aliphatic carbocycles. The summed E-state index contributed by atoms with van der Waals surface area (Å²) >= 11 is 0. The van der Waals surface area contributed by atoms with Crippen LogP contribution >= 0.6 is 0 Å². The normalized spacial score (nSPS) is 39.4. The van der Waals surface area contributed by atoms with Gasteiger partial charge < -0.3 is 9.47 Å². The summed E-state index contributed by atoms with van der Waals surface area (Å²) in [6.07, 6.45) is 10.4. The van der Waals surface area contributed by atoms with Gasteiger partial charge in [0.25, 0.3) is 0 Å². The van der Waals surface area contributed by atoms with Gasteiger partial charge in [0.2, 0.25) is 0 Å². The van der Waals surface area contributed by atoms with Gasteiger partial charge in [0.05, 0.1) is 18.2 Å². The van der Waals surface area contributed by atoms with Crippen LogP contribution in [0.5, 0.6) is 0 Å². The van der Waals surface area contributed by atoms with E-state index in [1.54, 1.807) is 13.2 Å². The molecule has 3 atom stereocenters. The summed E-state index contributed by atoms with van der Waals surface area (Å²) in [5, 5.41) is 0. The Bertz CT molecular complexity index is 548. The van der Waals surface area contributed by atoms with Crippen LogP contribution in [0.15, 0.2) is 35.5 Å². The number of carbonyl (C=O) groups is 1. The molecule has 1 fully saturated rings. The first-order valence-corrected chi connectivity index (χ1v) is 7.29. The highest BCUT2D eigenvalue weighted by atomic mass is 16.5. The second kappa shape index (κ2) is 4.30. The summed E-state index contributed by atoms with van der Waals surface area (Å²) in [7, 11) is 1.75. The van der Waals surface area contributed by atoms with E-state index in [1.807, 2.05) is 0 Å². The Morgan fingerprint density at radius 3 is 3.25 bits per heavy atom. The summed E-state index contributed by atoms with van der Waals surface area (Å²) in [4.78, 5) is 14.2. The number of hydrogen-bond acceptors (Lipinski definition) is 4. The number of fused-ring (bicyclic) bond motifs is 1. The van der Waals surface area contributed by atoms with Crippen LogP contribution < -0.4 is 0 Å². The fraction of sp³-hybridized carbons (Fsp3) is 0.562. The summed E-state index contributed by atoms with van der Waals surface area (Å²) in [5.74, 6) is 0.178. The van der Waals surface area contributed by atoms with E-state index in [-0.39, 0.29) is 17.6 Å². The molecule has 4 aliphatic rings. The zero-order valence-electron chi connectivity index (χ0n) is 11.7. The molecular formula is C16H19NO3. The lowest BCUT2D eigenvalue weighted by molar-refractivity contribution is -0.141. The van der Waals surface area contributed by atoms with Crippen molar-refractivity contribution in [1.82, 2.24) is 4.90 Å². The lowest BCUT2D eigenvalue weighted by Gasteiger charge is -2.52. The Hall–Kier alpha value is -1.39. The highest BCUT2D eigenvalue weighted by molar-refractivity contribution is 5.85. The van der Waals surface area contributed by atoms with E-state index in [0.29, 0.717) is 12.5 Å². The van der Waals surface area contributed by atoms with Crippen LogP contribution in [-0.4, -0.2) is 49.3 Å². The van der Waals surface area contributed by atoms with Crippen molar-refractivity contribution in [3.05, 3.63) is 35.5 Å².